The molecule has 0 aliphatic carbocycles. The molecule has 0 saturated heterocycles. The van der Waals surface area contributed by atoms with E-state index >= 15 is 0 Å². The van der Waals surface area contributed by atoms with Crippen LogP contribution in [0, 0.1) is 0 Å². The average Bonchev–Trinajstić information content (AvgIpc) is 2.37. The molecule has 5 heteroatoms. The van der Waals surface area contributed by atoms with Gasteiger partial charge in [-0.2, -0.15) is 0 Å². The van der Waals surface area contributed by atoms with Gasteiger partial charge in [-0.3, -0.25) is 0 Å². The maximum absolute atomic E-state index is 11.0. The first-order valence-electron chi connectivity index (χ1n) is 7.17. The molecule has 0 amide bonds. The van der Waals surface area contributed by atoms with E-state index in [4.69, 9.17) is 0 Å². The Morgan fingerprint density at radius 2 is 2.15 bits per heavy atom. The molecule has 0 fully saturated rings. The maximum Gasteiger partial charge on any atom is 0.147 e. The number of nitrogens with zero attached hydrogens (tertiary/aromatic N) is 1. The van der Waals surface area contributed by atoms with E-state index in [1.54, 1.807) is 0 Å². The highest BCUT2D eigenvalue weighted by molar-refractivity contribution is 7.90. The Balaban J connectivity index is 1.82. The summed E-state index contributed by atoms with van der Waals surface area (Å²) in [6, 6.07) is 6.63. The molecule has 0 unspecified atom stereocenters. The van der Waals surface area contributed by atoms with Crippen LogP contribution in [0.25, 0.3) is 0 Å². The van der Waals surface area contributed by atoms with Crippen molar-refractivity contribution in [3.05, 3.63) is 29.3 Å². The lowest BCUT2D eigenvalue weighted by atomic mass is 9.99. The molecule has 0 aromatic heterocycles. The maximum atomic E-state index is 11.0. The zero-order valence-corrected chi connectivity index (χ0v) is 13.2. The van der Waals surface area contributed by atoms with Crippen molar-refractivity contribution in [2.75, 3.05) is 37.0 Å². The second kappa shape index (κ2) is 6.59. The monoisotopic (exact) mass is 296 g/mol. The first-order valence-corrected chi connectivity index (χ1v) is 9.23. The first kappa shape index (κ1) is 15.3. The predicted octanol–water partition coefficient (Wildman–Crippen LogP) is 1.59. The van der Waals surface area contributed by atoms with Crippen LogP contribution in [0.1, 0.15) is 24.0 Å². The lowest BCUT2D eigenvalue weighted by Gasteiger charge is -2.27. The largest absolute Gasteiger partial charge is 0.374 e. The van der Waals surface area contributed by atoms with Crippen molar-refractivity contribution in [3.8, 4) is 0 Å². The lowest BCUT2D eigenvalue weighted by molar-refractivity contribution is 0.594. The van der Waals surface area contributed by atoms with Crippen molar-refractivity contribution in [3.63, 3.8) is 0 Å². The van der Waals surface area contributed by atoms with Crippen molar-refractivity contribution in [2.45, 2.75) is 25.8 Å². The number of fused-ring (bicyclic) bond motifs is 1. The molecule has 2 rings (SSSR count). The van der Waals surface area contributed by atoms with Crippen molar-refractivity contribution in [1.82, 2.24) is 5.32 Å². The van der Waals surface area contributed by atoms with E-state index in [1.165, 1.54) is 29.5 Å². The Hall–Kier alpha value is -1.07. The molecular formula is C15H24N2O2S. The molecule has 0 spiro atoms. The van der Waals surface area contributed by atoms with Gasteiger partial charge in [0.2, 0.25) is 0 Å². The van der Waals surface area contributed by atoms with Gasteiger partial charge in [0.05, 0.1) is 5.75 Å². The smallest absolute Gasteiger partial charge is 0.147 e. The summed E-state index contributed by atoms with van der Waals surface area (Å²) in [7, 11) is -0.693. The van der Waals surface area contributed by atoms with Gasteiger partial charge >= 0.3 is 0 Å². The Morgan fingerprint density at radius 1 is 1.35 bits per heavy atom. The van der Waals surface area contributed by atoms with Gasteiger partial charge in [0.15, 0.2) is 0 Å². The second-order valence-electron chi connectivity index (χ2n) is 5.65. The summed E-state index contributed by atoms with van der Waals surface area (Å²) in [5, 5.41) is 3.31. The second-order valence-corrected chi connectivity index (χ2v) is 7.91. The Labute approximate surface area is 122 Å². The van der Waals surface area contributed by atoms with Gasteiger partial charge in [-0.25, -0.2) is 8.42 Å². The molecule has 4 nitrogen and oxygen atoms in total. The number of anilines is 1. The SMILES string of the molecule is CN1CCCc2cc(CNCCCS(C)(=O)=O)ccc21. The normalized spacial score (nSPS) is 15.2. The molecule has 0 atom stereocenters. The number of sulfone groups is 1. The van der Waals surface area contributed by atoms with Crippen LogP contribution in [0.4, 0.5) is 5.69 Å². The van der Waals surface area contributed by atoms with Gasteiger partial charge in [-0.05, 0) is 43.0 Å². The van der Waals surface area contributed by atoms with Crippen LogP contribution in [0.5, 0.6) is 0 Å². The van der Waals surface area contributed by atoms with Crippen molar-refractivity contribution in [1.29, 1.82) is 0 Å². The minimum Gasteiger partial charge on any atom is -0.374 e. The summed E-state index contributed by atoms with van der Waals surface area (Å²) in [6.07, 6.45) is 4.33. The molecule has 0 bridgehead atoms. The molecule has 1 aromatic rings. The lowest BCUT2D eigenvalue weighted by Crippen LogP contribution is -2.25. The number of rotatable bonds is 6. The fraction of sp³-hybridized carbons (Fsp3) is 0.600. The quantitative estimate of drug-likeness (QED) is 0.810. The van der Waals surface area contributed by atoms with E-state index in [0.29, 0.717) is 6.42 Å². The molecule has 112 valence electrons. The van der Waals surface area contributed by atoms with Crippen LogP contribution in [-0.2, 0) is 22.8 Å². The summed E-state index contributed by atoms with van der Waals surface area (Å²) in [5.74, 6) is 0.259. The Bertz CT molecular complexity index is 555. The van der Waals surface area contributed by atoms with E-state index in [2.05, 4.69) is 35.5 Å². The molecule has 1 aliphatic heterocycles. The highest BCUT2D eigenvalue weighted by Crippen LogP contribution is 2.26. The van der Waals surface area contributed by atoms with Gasteiger partial charge < -0.3 is 10.2 Å². The molecular weight excluding hydrogens is 272 g/mol. The van der Waals surface area contributed by atoms with Crippen LogP contribution in [0.3, 0.4) is 0 Å². The van der Waals surface area contributed by atoms with Gasteiger partial charge in [0, 0.05) is 32.1 Å². The highest BCUT2D eigenvalue weighted by atomic mass is 32.2. The minimum absolute atomic E-state index is 0.259. The minimum atomic E-state index is -2.83. The summed E-state index contributed by atoms with van der Waals surface area (Å²) in [4.78, 5) is 2.31. The van der Waals surface area contributed by atoms with Gasteiger partial charge in [-0.15, -0.1) is 0 Å². The first-order chi connectivity index (χ1) is 9.46. The summed E-state index contributed by atoms with van der Waals surface area (Å²) in [5.41, 5.74) is 4.05. The predicted molar refractivity (Wildman–Crippen MR) is 84.1 cm³/mol. The molecule has 1 N–H and O–H groups in total. The van der Waals surface area contributed by atoms with Crippen molar-refractivity contribution < 1.29 is 8.42 Å². The Kier molecular flexibility index (Phi) is 5.05. The third-order valence-corrected chi connectivity index (χ3v) is 4.72. The van der Waals surface area contributed by atoms with Crippen LogP contribution in [0.15, 0.2) is 18.2 Å². The molecule has 20 heavy (non-hydrogen) atoms. The van der Waals surface area contributed by atoms with Crippen LogP contribution in [-0.4, -0.2) is 40.6 Å². The van der Waals surface area contributed by atoms with E-state index in [0.717, 1.165) is 26.1 Å². The van der Waals surface area contributed by atoms with Gasteiger partial charge in [0.25, 0.3) is 0 Å². The standard InChI is InChI=1S/C15H24N2O2S/c1-17-9-3-5-14-11-13(6-7-15(14)17)12-16-8-4-10-20(2,18)19/h6-7,11,16H,3-5,8-10,12H2,1-2H3. The van der Waals surface area contributed by atoms with E-state index in [-0.39, 0.29) is 5.75 Å². The van der Waals surface area contributed by atoms with Crippen LogP contribution in [0.2, 0.25) is 0 Å². The number of hydrogen-bond donors (Lipinski definition) is 1. The third-order valence-electron chi connectivity index (χ3n) is 3.69. The van der Waals surface area contributed by atoms with Gasteiger partial charge in [-0.1, -0.05) is 12.1 Å². The molecule has 1 aliphatic rings. The van der Waals surface area contributed by atoms with E-state index in [9.17, 15) is 8.42 Å². The molecule has 0 radical (unpaired) electrons. The average molecular weight is 296 g/mol. The number of nitrogens with one attached hydrogen (secondary N) is 1. The summed E-state index contributed by atoms with van der Waals surface area (Å²) >= 11 is 0. The van der Waals surface area contributed by atoms with Crippen molar-refractivity contribution >= 4 is 15.5 Å². The highest BCUT2D eigenvalue weighted by Gasteiger charge is 2.13. The zero-order valence-electron chi connectivity index (χ0n) is 12.4. The summed E-state index contributed by atoms with van der Waals surface area (Å²) in [6.45, 7) is 2.68. The zero-order chi connectivity index (χ0) is 14.6. The number of benzene rings is 1. The molecule has 1 heterocycles. The number of aryl methyl sites for hydroxylation is 1. The fourth-order valence-corrected chi connectivity index (χ4v) is 3.31. The third kappa shape index (κ3) is 4.49. The Morgan fingerprint density at radius 3 is 2.90 bits per heavy atom. The number of hydrogen-bond acceptors (Lipinski definition) is 4. The van der Waals surface area contributed by atoms with Gasteiger partial charge in [0.1, 0.15) is 9.84 Å². The van der Waals surface area contributed by atoms with Crippen molar-refractivity contribution in [2.24, 2.45) is 0 Å². The summed E-state index contributed by atoms with van der Waals surface area (Å²) < 4.78 is 22.0. The van der Waals surface area contributed by atoms with Crippen LogP contribution < -0.4 is 10.2 Å². The molecule has 0 saturated carbocycles. The fourth-order valence-electron chi connectivity index (χ4n) is 2.64. The van der Waals surface area contributed by atoms with E-state index < -0.39 is 9.84 Å². The molecule has 1 aromatic carbocycles. The van der Waals surface area contributed by atoms with Crippen LogP contribution >= 0.6 is 0 Å². The topological polar surface area (TPSA) is 49.4 Å². The van der Waals surface area contributed by atoms with E-state index in [1.807, 2.05) is 0 Å².